The molecule has 0 N–H and O–H groups in total. The first-order valence-electron chi connectivity index (χ1n) is 12.5. The number of aliphatic imine (C=N–C) groups is 1. The van der Waals surface area contributed by atoms with Crippen molar-refractivity contribution >= 4 is 12.2 Å². The molecule has 1 aromatic heterocycles. The number of ether oxygens (including phenoxy) is 3. The Kier molecular flexibility index (Phi) is 6.67. The zero-order valence-electron chi connectivity index (χ0n) is 21.2. The summed E-state index contributed by atoms with van der Waals surface area (Å²) in [5.74, 6) is 1.56. The maximum absolute atomic E-state index is 13.2. The number of carbonyl (C=O) groups is 1. The summed E-state index contributed by atoms with van der Waals surface area (Å²) >= 11 is 0. The van der Waals surface area contributed by atoms with Crippen LogP contribution in [-0.4, -0.2) is 88.7 Å². The van der Waals surface area contributed by atoms with E-state index in [9.17, 15) is 4.79 Å². The van der Waals surface area contributed by atoms with E-state index >= 15 is 0 Å². The van der Waals surface area contributed by atoms with Crippen molar-refractivity contribution in [1.29, 1.82) is 0 Å². The van der Waals surface area contributed by atoms with Crippen LogP contribution in [0.15, 0.2) is 22.8 Å². The summed E-state index contributed by atoms with van der Waals surface area (Å²) in [7, 11) is 1.64. The molecule has 0 aliphatic carbocycles. The summed E-state index contributed by atoms with van der Waals surface area (Å²) in [6.45, 7) is 10.4. The average molecular weight is 485 g/mol. The van der Waals surface area contributed by atoms with E-state index < -0.39 is 0 Å². The fourth-order valence-electron chi connectivity index (χ4n) is 5.49. The van der Waals surface area contributed by atoms with E-state index in [2.05, 4.69) is 38.8 Å². The molecule has 0 spiro atoms. The van der Waals surface area contributed by atoms with Crippen LogP contribution in [0.2, 0.25) is 0 Å². The van der Waals surface area contributed by atoms with Gasteiger partial charge in [0, 0.05) is 44.0 Å². The fraction of sp³-hybridized carbons (Fsp3) is 0.680. The van der Waals surface area contributed by atoms with E-state index in [1.54, 1.807) is 13.4 Å². The average Bonchev–Trinajstić information content (AvgIpc) is 3.31. The SMILES string of the molecule is COC1=C(C)CN(N2CCc3ncnc(OC4CCN(C(=O)C5CCOC(C)(C)C5)C4)c3C2)C=N1. The molecule has 10 nitrogen and oxygen atoms in total. The van der Waals surface area contributed by atoms with Gasteiger partial charge in [-0.25, -0.2) is 20.0 Å². The zero-order valence-corrected chi connectivity index (χ0v) is 21.2. The molecule has 2 unspecified atom stereocenters. The van der Waals surface area contributed by atoms with Crippen LogP contribution in [0.1, 0.15) is 51.3 Å². The minimum absolute atomic E-state index is 0.0280. The van der Waals surface area contributed by atoms with Gasteiger partial charge in [-0.15, -0.1) is 0 Å². The molecule has 35 heavy (non-hydrogen) atoms. The standard InChI is InChI=1S/C25H36N6O4/c1-17-12-31(16-28-22(17)33-4)30-9-6-21-20(14-30)23(27-15-26-21)35-19-5-8-29(13-19)24(32)18-7-10-34-25(2,3)11-18/h15-16,18-19H,5-14H2,1-4H3. The van der Waals surface area contributed by atoms with E-state index in [1.807, 2.05) is 18.2 Å². The topological polar surface area (TPSA) is 92.6 Å². The summed E-state index contributed by atoms with van der Waals surface area (Å²) in [5, 5.41) is 4.36. The third-order valence-electron chi connectivity index (χ3n) is 7.35. The molecule has 4 aliphatic rings. The van der Waals surface area contributed by atoms with E-state index in [0.29, 0.717) is 31.5 Å². The predicted octanol–water partition coefficient (Wildman–Crippen LogP) is 2.16. The minimum Gasteiger partial charge on any atom is -0.481 e. The van der Waals surface area contributed by atoms with Gasteiger partial charge in [0.25, 0.3) is 0 Å². The van der Waals surface area contributed by atoms with Crippen molar-refractivity contribution < 1.29 is 19.0 Å². The van der Waals surface area contributed by atoms with Crippen LogP contribution >= 0.6 is 0 Å². The van der Waals surface area contributed by atoms with Gasteiger partial charge in [-0.3, -0.25) is 9.80 Å². The Morgan fingerprint density at radius 3 is 2.83 bits per heavy atom. The Morgan fingerprint density at radius 1 is 1.20 bits per heavy atom. The molecule has 190 valence electrons. The Balaban J connectivity index is 1.22. The highest BCUT2D eigenvalue weighted by Crippen LogP contribution is 2.32. The van der Waals surface area contributed by atoms with Crippen LogP contribution in [0.3, 0.4) is 0 Å². The minimum atomic E-state index is -0.237. The fourth-order valence-corrected chi connectivity index (χ4v) is 5.49. The molecule has 0 bridgehead atoms. The van der Waals surface area contributed by atoms with Crippen LogP contribution in [0, 0.1) is 5.92 Å². The predicted molar refractivity (Wildman–Crippen MR) is 129 cm³/mol. The van der Waals surface area contributed by atoms with Crippen molar-refractivity contribution in [2.45, 2.75) is 64.7 Å². The number of carbonyl (C=O) groups excluding carboxylic acids is 1. The number of hydrogen-bond acceptors (Lipinski definition) is 9. The molecule has 0 radical (unpaired) electrons. The van der Waals surface area contributed by atoms with E-state index in [0.717, 1.165) is 62.1 Å². The number of hydrazine groups is 1. The number of likely N-dealkylation sites (tertiary alicyclic amines) is 1. The Bertz CT molecular complexity index is 1030. The first-order chi connectivity index (χ1) is 16.8. The van der Waals surface area contributed by atoms with Crippen molar-refractivity contribution in [1.82, 2.24) is 24.9 Å². The van der Waals surface area contributed by atoms with E-state index in [1.165, 1.54) is 0 Å². The third kappa shape index (κ3) is 5.13. The normalized spacial score (nSPS) is 26.6. The molecule has 2 fully saturated rings. The van der Waals surface area contributed by atoms with Crippen LogP contribution in [0.4, 0.5) is 0 Å². The van der Waals surface area contributed by atoms with Crippen molar-refractivity contribution in [2.75, 3.05) is 39.9 Å². The Morgan fingerprint density at radius 2 is 2.06 bits per heavy atom. The summed E-state index contributed by atoms with van der Waals surface area (Å²) in [6, 6.07) is 0. The van der Waals surface area contributed by atoms with Crippen LogP contribution in [-0.2, 0) is 27.2 Å². The largest absolute Gasteiger partial charge is 0.481 e. The smallest absolute Gasteiger partial charge is 0.226 e. The summed E-state index contributed by atoms with van der Waals surface area (Å²) < 4.78 is 17.5. The van der Waals surface area contributed by atoms with E-state index in [-0.39, 0.29) is 23.5 Å². The third-order valence-corrected chi connectivity index (χ3v) is 7.35. The lowest BCUT2D eigenvalue weighted by molar-refractivity contribution is -0.144. The van der Waals surface area contributed by atoms with Crippen LogP contribution < -0.4 is 4.74 Å². The van der Waals surface area contributed by atoms with Gasteiger partial charge in [-0.2, -0.15) is 0 Å². The number of nitrogens with zero attached hydrogens (tertiary/aromatic N) is 6. The first-order valence-corrected chi connectivity index (χ1v) is 12.5. The van der Waals surface area contributed by atoms with Crippen molar-refractivity contribution in [2.24, 2.45) is 10.9 Å². The number of aromatic nitrogens is 2. The van der Waals surface area contributed by atoms with Gasteiger partial charge in [-0.1, -0.05) is 0 Å². The van der Waals surface area contributed by atoms with Crippen LogP contribution in [0.25, 0.3) is 0 Å². The maximum Gasteiger partial charge on any atom is 0.226 e. The van der Waals surface area contributed by atoms with Gasteiger partial charge in [0.15, 0.2) is 0 Å². The lowest BCUT2D eigenvalue weighted by Gasteiger charge is -2.38. The summed E-state index contributed by atoms with van der Waals surface area (Å²) in [6.07, 6.45) is 6.53. The number of fused-ring (bicyclic) bond motifs is 1. The van der Waals surface area contributed by atoms with Crippen molar-refractivity contribution in [3.05, 3.63) is 29.0 Å². The molecule has 2 atom stereocenters. The molecule has 1 amide bonds. The Labute approximate surface area is 206 Å². The molecule has 5 rings (SSSR count). The highest BCUT2D eigenvalue weighted by Gasteiger charge is 2.38. The Hall–Kier alpha value is -2.72. The van der Waals surface area contributed by atoms with Gasteiger partial charge in [-0.05, 0) is 33.6 Å². The summed E-state index contributed by atoms with van der Waals surface area (Å²) in [5.41, 5.74) is 2.89. The van der Waals surface area contributed by atoms with Crippen LogP contribution in [0.5, 0.6) is 5.88 Å². The molecule has 0 aromatic carbocycles. The second kappa shape index (κ2) is 9.73. The highest BCUT2D eigenvalue weighted by atomic mass is 16.5. The van der Waals surface area contributed by atoms with Crippen molar-refractivity contribution in [3.63, 3.8) is 0 Å². The van der Waals surface area contributed by atoms with Gasteiger partial charge in [0.2, 0.25) is 17.7 Å². The van der Waals surface area contributed by atoms with Gasteiger partial charge in [0.1, 0.15) is 18.8 Å². The molecule has 5 heterocycles. The summed E-state index contributed by atoms with van der Waals surface area (Å²) in [4.78, 5) is 28.6. The quantitative estimate of drug-likeness (QED) is 0.628. The van der Waals surface area contributed by atoms with Crippen molar-refractivity contribution in [3.8, 4) is 5.88 Å². The monoisotopic (exact) mass is 484 g/mol. The molecule has 10 heteroatoms. The number of hydrogen-bond donors (Lipinski definition) is 0. The number of rotatable bonds is 5. The second-order valence-corrected chi connectivity index (χ2v) is 10.5. The van der Waals surface area contributed by atoms with Gasteiger partial charge < -0.3 is 19.1 Å². The van der Waals surface area contributed by atoms with E-state index in [4.69, 9.17) is 14.2 Å². The molecule has 4 aliphatic heterocycles. The molecule has 1 aromatic rings. The number of methoxy groups -OCH3 is 1. The molecular weight excluding hydrogens is 448 g/mol. The molecular formula is C25H36N6O4. The van der Waals surface area contributed by atoms with Gasteiger partial charge >= 0.3 is 0 Å². The first kappa shape index (κ1) is 24.0. The van der Waals surface area contributed by atoms with Gasteiger partial charge in [0.05, 0.1) is 43.6 Å². The zero-order chi connectivity index (χ0) is 24.6. The molecule has 0 saturated carbocycles. The number of amides is 1. The molecule has 2 saturated heterocycles. The lowest BCUT2D eigenvalue weighted by atomic mass is 9.87. The lowest BCUT2D eigenvalue weighted by Crippen LogP contribution is -2.47. The maximum atomic E-state index is 13.2. The second-order valence-electron chi connectivity index (χ2n) is 10.5. The highest BCUT2D eigenvalue weighted by molar-refractivity contribution is 5.79.